The minimum Gasteiger partial charge on any atom is -0.338 e. The fraction of sp³-hybridized carbons (Fsp3) is 0.250. The number of fused-ring (bicyclic) bond motifs is 1. The smallest absolute Gasteiger partial charge is 0.256 e. The van der Waals surface area contributed by atoms with Crippen LogP contribution in [0.2, 0.25) is 0 Å². The van der Waals surface area contributed by atoms with Crippen LogP contribution in [0.15, 0.2) is 54.6 Å². The van der Waals surface area contributed by atoms with E-state index in [0.29, 0.717) is 11.5 Å². The number of amides is 1. The lowest BCUT2D eigenvalue weighted by molar-refractivity contribution is 0.102. The van der Waals surface area contributed by atoms with E-state index in [4.69, 9.17) is 4.98 Å². The third-order valence-corrected chi connectivity index (χ3v) is 5.27. The third kappa shape index (κ3) is 3.56. The largest absolute Gasteiger partial charge is 0.338 e. The summed E-state index contributed by atoms with van der Waals surface area (Å²) in [5, 5.41) is 3.17. The highest BCUT2D eigenvalue weighted by molar-refractivity contribution is 6.06. The molecule has 29 heavy (non-hydrogen) atoms. The summed E-state index contributed by atoms with van der Waals surface area (Å²) in [6.45, 7) is 9.36. The van der Waals surface area contributed by atoms with Crippen LogP contribution < -0.4 is 5.32 Å². The maximum Gasteiger partial charge on any atom is 0.256 e. The van der Waals surface area contributed by atoms with Crippen molar-refractivity contribution in [2.45, 2.75) is 34.2 Å². The van der Waals surface area contributed by atoms with Crippen molar-refractivity contribution in [3.63, 3.8) is 0 Å². The lowest BCUT2D eigenvalue weighted by atomic mass is 10.1. The SMILES string of the molecule is Cc1c(-c2nc3ccccc3[nH]2)c(NC(=O)c2ccccc2)n(CC(C)C)c1C. The van der Waals surface area contributed by atoms with Crippen LogP contribution in [0.1, 0.15) is 35.5 Å². The highest BCUT2D eigenvalue weighted by Crippen LogP contribution is 2.36. The molecule has 4 rings (SSSR count). The van der Waals surface area contributed by atoms with E-state index >= 15 is 0 Å². The van der Waals surface area contributed by atoms with Crippen LogP contribution in [-0.4, -0.2) is 20.4 Å². The predicted octanol–water partition coefficient (Wildman–Crippen LogP) is 5.56. The number of carbonyl (C=O) groups is 1. The number of anilines is 1. The summed E-state index contributed by atoms with van der Waals surface area (Å²) in [6, 6.07) is 17.3. The molecule has 0 saturated carbocycles. The van der Waals surface area contributed by atoms with E-state index < -0.39 is 0 Å². The average Bonchev–Trinajstić information content (AvgIpc) is 3.23. The molecule has 0 aliphatic heterocycles. The number of nitrogens with one attached hydrogen (secondary N) is 2. The molecule has 0 saturated heterocycles. The number of H-pyrrole nitrogens is 1. The quantitative estimate of drug-likeness (QED) is 0.472. The minimum atomic E-state index is -0.120. The van der Waals surface area contributed by atoms with Crippen molar-refractivity contribution in [3.05, 3.63) is 71.4 Å². The average molecular weight is 386 g/mol. The number of aromatic nitrogens is 3. The van der Waals surface area contributed by atoms with Crippen molar-refractivity contribution in [3.8, 4) is 11.4 Å². The molecule has 0 fully saturated rings. The van der Waals surface area contributed by atoms with Gasteiger partial charge in [-0.25, -0.2) is 4.98 Å². The van der Waals surface area contributed by atoms with Crippen LogP contribution in [-0.2, 0) is 6.54 Å². The minimum absolute atomic E-state index is 0.120. The molecule has 0 bridgehead atoms. The maximum absolute atomic E-state index is 13.0. The molecule has 0 unspecified atom stereocenters. The Morgan fingerprint density at radius 3 is 2.45 bits per heavy atom. The van der Waals surface area contributed by atoms with Gasteiger partial charge in [0, 0.05) is 17.8 Å². The number of nitrogens with zero attached hydrogens (tertiary/aromatic N) is 2. The molecule has 0 atom stereocenters. The molecule has 2 aromatic heterocycles. The van der Waals surface area contributed by atoms with Gasteiger partial charge in [-0.05, 0) is 49.6 Å². The molecule has 0 spiro atoms. The van der Waals surface area contributed by atoms with Gasteiger partial charge in [0.25, 0.3) is 5.91 Å². The molecule has 0 radical (unpaired) electrons. The molecule has 2 N–H and O–H groups in total. The van der Waals surface area contributed by atoms with Gasteiger partial charge < -0.3 is 14.9 Å². The molecule has 0 aliphatic rings. The Hall–Kier alpha value is -3.34. The van der Waals surface area contributed by atoms with Crippen LogP contribution in [0.3, 0.4) is 0 Å². The van der Waals surface area contributed by atoms with Gasteiger partial charge in [-0.3, -0.25) is 4.79 Å². The van der Waals surface area contributed by atoms with E-state index in [1.165, 1.54) is 0 Å². The van der Waals surface area contributed by atoms with Crippen LogP contribution in [0.4, 0.5) is 5.82 Å². The summed E-state index contributed by atoms with van der Waals surface area (Å²) in [5.74, 6) is 1.89. The third-order valence-electron chi connectivity index (χ3n) is 5.27. The second kappa shape index (κ2) is 7.59. The van der Waals surface area contributed by atoms with Crippen LogP contribution in [0.5, 0.6) is 0 Å². The van der Waals surface area contributed by atoms with Gasteiger partial charge in [-0.15, -0.1) is 0 Å². The van der Waals surface area contributed by atoms with Crippen molar-refractivity contribution in [2.24, 2.45) is 5.92 Å². The van der Waals surface area contributed by atoms with Crippen molar-refractivity contribution in [2.75, 3.05) is 5.32 Å². The summed E-state index contributed by atoms with van der Waals surface area (Å²) >= 11 is 0. The predicted molar refractivity (Wildman–Crippen MR) is 118 cm³/mol. The lowest BCUT2D eigenvalue weighted by Crippen LogP contribution is -2.17. The Labute approximate surface area is 170 Å². The van der Waals surface area contributed by atoms with Crippen LogP contribution in [0, 0.1) is 19.8 Å². The number of hydrogen-bond acceptors (Lipinski definition) is 2. The van der Waals surface area contributed by atoms with Gasteiger partial charge in [0.15, 0.2) is 0 Å². The molecule has 5 heteroatoms. The number of benzene rings is 2. The van der Waals surface area contributed by atoms with Crippen LogP contribution >= 0.6 is 0 Å². The van der Waals surface area contributed by atoms with E-state index in [-0.39, 0.29) is 5.91 Å². The summed E-state index contributed by atoms with van der Waals surface area (Å²) < 4.78 is 2.20. The van der Waals surface area contributed by atoms with E-state index in [0.717, 1.165) is 46.0 Å². The van der Waals surface area contributed by atoms with Crippen molar-refractivity contribution >= 4 is 22.8 Å². The Kier molecular flexibility index (Phi) is 4.97. The molecule has 5 nitrogen and oxygen atoms in total. The van der Waals surface area contributed by atoms with E-state index in [1.54, 1.807) is 0 Å². The zero-order valence-corrected chi connectivity index (χ0v) is 17.3. The number of hydrogen-bond donors (Lipinski definition) is 2. The summed E-state index contributed by atoms with van der Waals surface area (Å²) in [7, 11) is 0. The number of rotatable bonds is 5. The van der Waals surface area contributed by atoms with E-state index in [9.17, 15) is 4.79 Å². The molecule has 4 aromatic rings. The number of para-hydroxylation sites is 2. The first kappa shape index (κ1) is 19.0. The summed E-state index contributed by atoms with van der Waals surface area (Å²) in [6.07, 6.45) is 0. The highest BCUT2D eigenvalue weighted by Gasteiger charge is 2.24. The standard InChI is InChI=1S/C24H26N4O/c1-15(2)14-28-17(4)16(3)21(22-25-19-12-8-9-13-20(19)26-22)23(28)27-24(29)18-10-6-5-7-11-18/h5-13,15H,14H2,1-4H3,(H,25,26)(H,27,29). The molecular formula is C24H26N4O. The van der Waals surface area contributed by atoms with Gasteiger partial charge in [0.1, 0.15) is 11.6 Å². The molecule has 148 valence electrons. The second-order valence-electron chi connectivity index (χ2n) is 7.86. The first-order chi connectivity index (χ1) is 14.0. The van der Waals surface area contributed by atoms with E-state index in [2.05, 4.69) is 42.6 Å². The van der Waals surface area contributed by atoms with Crippen molar-refractivity contribution in [1.82, 2.24) is 14.5 Å². The first-order valence-corrected chi connectivity index (χ1v) is 9.97. The molecular weight excluding hydrogens is 360 g/mol. The van der Waals surface area contributed by atoms with Gasteiger partial charge >= 0.3 is 0 Å². The Morgan fingerprint density at radius 2 is 1.76 bits per heavy atom. The van der Waals surface area contributed by atoms with Crippen molar-refractivity contribution in [1.29, 1.82) is 0 Å². The fourth-order valence-corrected chi connectivity index (χ4v) is 3.72. The summed E-state index contributed by atoms with van der Waals surface area (Å²) in [5.41, 5.74) is 5.73. The van der Waals surface area contributed by atoms with Crippen LogP contribution in [0.25, 0.3) is 22.4 Å². The first-order valence-electron chi connectivity index (χ1n) is 9.97. The second-order valence-corrected chi connectivity index (χ2v) is 7.86. The molecule has 1 amide bonds. The zero-order valence-electron chi connectivity index (χ0n) is 17.3. The number of carbonyl (C=O) groups excluding carboxylic acids is 1. The topological polar surface area (TPSA) is 62.7 Å². The Balaban J connectivity index is 1.86. The van der Waals surface area contributed by atoms with Gasteiger partial charge in [-0.2, -0.15) is 0 Å². The van der Waals surface area contributed by atoms with Gasteiger partial charge in [-0.1, -0.05) is 44.2 Å². The highest BCUT2D eigenvalue weighted by atomic mass is 16.1. The Bertz CT molecular complexity index is 1140. The summed E-state index contributed by atoms with van der Waals surface area (Å²) in [4.78, 5) is 21.2. The number of imidazole rings is 1. The van der Waals surface area contributed by atoms with Crippen molar-refractivity contribution < 1.29 is 4.79 Å². The normalized spacial score (nSPS) is 11.3. The Morgan fingerprint density at radius 1 is 1.07 bits per heavy atom. The molecule has 2 heterocycles. The van der Waals surface area contributed by atoms with Gasteiger partial charge in [0.05, 0.1) is 16.6 Å². The molecule has 0 aliphatic carbocycles. The van der Waals surface area contributed by atoms with Gasteiger partial charge in [0.2, 0.25) is 0 Å². The van der Waals surface area contributed by atoms with E-state index in [1.807, 2.05) is 54.6 Å². The monoisotopic (exact) mass is 386 g/mol. The lowest BCUT2D eigenvalue weighted by Gasteiger charge is -2.16. The maximum atomic E-state index is 13.0. The molecule has 2 aromatic carbocycles. The number of aromatic amines is 1. The zero-order chi connectivity index (χ0) is 20.5. The fourth-order valence-electron chi connectivity index (χ4n) is 3.72.